The molecule has 1 saturated carbocycles. The van der Waals surface area contributed by atoms with Crippen LogP contribution in [0.15, 0.2) is 30.9 Å². The molecule has 2 N–H and O–H groups in total. The van der Waals surface area contributed by atoms with Gasteiger partial charge in [-0.15, -0.1) is 0 Å². The van der Waals surface area contributed by atoms with Crippen LogP contribution in [0.2, 0.25) is 0 Å². The highest BCUT2D eigenvalue weighted by Gasteiger charge is 2.38. The molecule has 8 nitrogen and oxygen atoms in total. The summed E-state index contributed by atoms with van der Waals surface area (Å²) >= 11 is 0. The number of halogens is 3. The number of nitrogens with zero attached hydrogens (tertiary/aromatic N) is 6. The molecule has 0 radical (unpaired) electrons. The van der Waals surface area contributed by atoms with Crippen LogP contribution >= 0.6 is 0 Å². The molecule has 0 atom stereocenters. The second kappa shape index (κ2) is 8.20. The monoisotopic (exact) mass is 458 g/mol. The van der Waals surface area contributed by atoms with Crippen molar-refractivity contribution in [1.29, 1.82) is 0 Å². The van der Waals surface area contributed by atoms with Gasteiger partial charge in [-0.3, -0.25) is 14.5 Å². The number of fused-ring (bicyclic) bond motifs is 1. The molecule has 174 valence electrons. The Morgan fingerprint density at radius 1 is 1.15 bits per heavy atom. The van der Waals surface area contributed by atoms with Gasteiger partial charge in [-0.1, -0.05) is 0 Å². The molecule has 4 aromatic rings. The zero-order valence-corrected chi connectivity index (χ0v) is 18.4. The first-order chi connectivity index (χ1) is 15.8. The average molecular weight is 458 g/mol. The molecule has 4 heterocycles. The standard InChI is InChI=1S/C22H25F3N8/c1-3-26-19-8-18-17(10-27-19)20(14-9-29-32(2)12-14)31-33(18)15-6-4-13(5-7-15)16-11-28-30-21(16)22(23,24)25/h8-13,15H,3-7H2,1-2H3,(H,26,27)(H,28,30). The van der Waals surface area contributed by atoms with Gasteiger partial charge in [0.1, 0.15) is 17.2 Å². The number of nitrogens with one attached hydrogen (secondary N) is 2. The first kappa shape index (κ1) is 21.5. The van der Waals surface area contributed by atoms with Crippen molar-refractivity contribution in [3.05, 3.63) is 42.1 Å². The van der Waals surface area contributed by atoms with Gasteiger partial charge in [0.05, 0.1) is 24.0 Å². The maximum Gasteiger partial charge on any atom is 0.433 e. The normalized spacial score (nSPS) is 19.3. The Balaban J connectivity index is 1.46. The Hall–Kier alpha value is -3.37. The van der Waals surface area contributed by atoms with Crippen molar-refractivity contribution in [3.63, 3.8) is 0 Å². The number of H-pyrrole nitrogens is 1. The summed E-state index contributed by atoms with van der Waals surface area (Å²) in [6.45, 7) is 2.76. The smallest absolute Gasteiger partial charge is 0.370 e. The van der Waals surface area contributed by atoms with Crippen LogP contribution in [0, 0.1) is 0 Å². The molecule has 0 spiro atoms. The molecule has 0 aliphatic heterocycles. The SMILES string of the molecule is CCNc1cc2c(cn1)c(-c1cnn(C)c1)nn2C1CCC(c2cn[nH]c2C(F)(F)F)CC1. The first-order valence-electron chi connectivity index (χ1n) is 11.1. The van der Waals surface area contributed by atoms with Crippen LogP contribution in [-0.4, -0.2) is 41.3 Å². The van der Waals surface area contributed by atoms with Crippen LogP contribution < -0.4 is 5.32 Å². The summed E-state index contributed by atoms with van der Waals surface area (Å²) in [4.78, 5) is 4.52. The quantitative estimate of drug-likeness (QED) is 0.444. The van der Waals surface area contributed by atoms with E-state index in [-0.39, 0.29) is 17.5 Å². The Labute approximate surface area is 188 Å². The van der Waals surface area contributed by atoms with Crippen molar-refractivity contribution in [2.75, 3.05) is 11.9 Å². The lowest BCUT2D eigenvalue weighted by atomic mass is 9.81. The van der Waals surface area contributed by atoms with E-state index in [1.165, 1.54) is 6.20 Å². The van der Waals surface area contributed by atoms with Gasteiger partial charge in [-0.2, -0.15) is 28.5 Å². The summed E-state index contributed by atoms with van der Waals surface area (Å²) in [5.74, 6) is 0.598. The topological polar surface area (TPSA) is 89.2 Å². The van der Waals surface area contributed by atoms with E-state index in [0.29, 0.717) is 12.8 Å². The fourth-order valence-corrected chi connectivity index (χ4v) is 4.81. The molecule has 33 heavy (non-hydrogen) atoms. The molecule has 5 rings (SSSR count). The van der Waals surface area contributed by atoms with E-state index in [1.54, 1.807) is 10.9 Å². The minimum absolute atomic E-state index is 0.0901. The highest BCUT2D eigenvalue weighted by Crippen LogP contribution is 2.43. The van der Waals surface area contributed by atoms with Crippen LogP contribution in [0.4, 0.5) is 19.0 Å². The predicted octanol–water partition coefficient (Wildman–Crippen LogP) is 4.90. The molecule has 11 heteroatoms. The van der Waals surface area contributed by atoms with E-state index >= 15 is 0 Å². The molecule has 1 aliphatic rings. The van der Waals surface area contributed by atoms with E-state index in [4.69, 9.17) is 5.10 Å². The minimum Gasteiger partial charge on any atom is -0.370 e. The number of rotatable bonds is 5. The number of pyridine rings is 1. The predicted molar refractivity (Wildman–Crippen MR) is 118 cm³/mol. The van der Waals surface area contributed by atoms with Crippen molar-refractivity contribution in [3.8, 4) is 11.3 Å². The van der Waals surface area contributed by atoms with Gasteiger partial charge >= 0.3 is 6.18 Å². The molecule has 0 bridgehead atoms. The molecular formula is C22H25F3N8. The van der Waals surface area contributed by atoms with Crippen LogP contribution in [-0.2, 0) is 13.2 Å². The third-order valence-corrected chi connectivity index (χ3v) is 6.36. The number of aryl methyl sites for hydroxylation is 1. The lowest BCUT2D eigenvalue weighted by molar-refractivity contribution is -0.142. The largest absolute Gasteiger partial charge is 0.433 e. The van der Waals surface area contributed by atoms with E-state index in [9.17, 15) is 13.2 Å². The van der Waals surface area contributed by atoms with Crippen molar-refractivity contribution < 1.29 is 13.2 Å². The highest BCUT2D eigenvalue weighted by molar-refractivity contribution is 5.93. The molecule has 4 aromatic heterocycles. The van der Waals surface area contributed by atoms with E-state index in [0.717, 1.165) is 47.4 Å². The summed E-state index contributed by atoms with van der Waals surface area (Å²) in [6.07, 6.45) is 5.17. The average Bonchev–Trinajstić information content (AvgIpc) is 3.52. The van der Waals surface area contributed by atoms with Gasteiger partial charge in [0.15, 0.2) is 0 Å². The summed E-state index contributed by atoms with van der Waals surface area (Å²) in [6, 6.07) is 2.09. The van der Waals surface area contributed by atoms with Gasteiger partial charge < -0.3 is 5.32 Å². The highest BCUT2D eigenvalue weighted by atomic mass is 19.4. The van der Waals surface area contributed by atoms with Gasteiger partial charge in [0.2, 0.25) is 0 Å². The fourth-order valence-electron chi connectivity index (χ4n) is 4.81. The Kier molecular flexibility index (Phi) is 5.34. The summed E-state index contributed by atoms with van der Waals surface area (Å²) in [7, 11) is 1.86. The lowest BCUT2D eigenvalue weighted by Gasteiger charge is -2.29. The van der Waals surface area contributed by atoms with E-state index in [2.05, 4.69) is 25.6 Å². The van der Waals surface area contributed by atoms with Crippen molar-refractivity contribution in [2.45, 2.75) is 50.7 Å². The summed E-state index contributed by atoms with van der Waals surface area (Å²) in [5, 5.41) is 19.2. The summed E-state index contributed by atoms with van der Waals surface area (Å²) in [5.41, 5.74) is 2.21. The van der Waals surface area contributed by atoms with Crippen LogP contribution in [0.1, 0.15) is 55.8 Å². The number of hydrogen-bond donors (Lipinski definition) is 2. The number of aromatic amines is 1. The lowest BCUT2D eigenvalue weighted by Crippen LogP contribution is -2.20. The van der Waals surface area contributed by atoms with Gasteiger partial charge in [0.25, 0.3) is 0 Å². The molecule has 0 unspecified atom stereocenters. The summed E-state index contributed by atoms with van der Waals surface area (Å²) < 4.78 is 43.7. The molecule has 0 aromatic carbocycles. The number of aromatic nitrogens is 7. The second-order valence-electron chi connectivity index (χ2n) is 8.52. The molecular weight excluding hydrogens is 433 g/mol. The van der Waals surface area contributed by atoms with Gasteiger partial charge in [0, 0.05) is 48.6 Å². The molecule has 0 amide bonds. The Morgan fingerprint density at radius 2 is 1.94 bits per heavy atom. The van der Waals surface area contributed by atoms with Crippen molar-refractivity contribution in [2.24, 2.45) is 7.05 Å². The Bertz CT molecular complexity index is 1260. The van der Waals surface area contributed by atoms with Crippen LogP contribution in [0.25, 0.3) is 22.2 Å². The number of hydrogen-bond acceptors (Lipinski definition) is 5. The minimum atomic E-state index is -4.42. The number of anilines is 1. The van der Waals surface area contributed by atoms with Gasteiger partial charge in [-0.25, -0.2) is 4.98 Å². The second-order valence-corrected chi connectivity index (χ2v) is 8.52. The molecule has 1 aliphatic carbocycles. The Morgan fingerprint density at radius 3 is 2.61 bits per heavy atom. The number of alkyl halides is 3. The van der Waals surface area contributed by atoms with Crippen LogP contribution in [0.5, 0.6) is 0 Å². The van der Waals surface area contributed by atoms with E-state index < -0.39 is 11.9 Å². The van der Waals surface area contributed by atoms with Crippen molar-refractivity contribution in [1.82, 2.24) is 34.7 Å². The maximum absolute atomic E-state index is 13.3. The molecule has 1 fully saturated rings. The third kappa shape index (κ3) is 3.96. The van der Waals surface area contributed by atoms with Crippen molar-refractivity contribution >= 4 is 16.7 Å². The molecule has 0 saturated heterocycles. The zero-order chi connectivity index (χ0) is 23.2. The maximum atomic E-state index is 13.3. The first-order valence-corrected chi connectivity index (χ1v) is 11.1. The van der Waals surface area contributed by atoms with Gasteiger partial charge in [-0.05, 0) is 38.5 Å². The van der Waals surface area contributed by atoms with Crippen LogP contribution in [0.3, 0.4) is 0 Å². The fraction of sp³-hybridized carbons (Fsp3) is 0.455. The van der Waals surface area contributed by atoms with E-state index in [1.807, 2.05) is 37.1 Å². The third-order valence-electron chi connectivity index (χ3n) is 6.36. The zero-order valence-electron chi connectivity index (χ0n) is 18.4.